The van der Waals surface area contributed by atoms with Crippen molar-refractivity contribution in [2.45, 2.75) is 38.8 Å². The summed E-state index contributed by atoms with van der Waals surface area (Å²) < 4.78 is 0. The number of carbonyl (C=O) groups excluding carboxylic acids is 2. The fourth-order valence-corrected chi connectivity index (χ4v) is 2.79. The smallest absolute Gasteiger partial charge is 0.319 e. The number of nitrogens with zero attached hydrogens (tertiary/aromatic N) is 1. The molecule has 0 saturated carbocycles. The van der Waals surface area contributed by atoms with E-state index >= 15 is 0 Å². The molecule has 0 aromatic heterocycles. The number of amides is 3. The Morgan fingerprint density at radius 1 is 1.14 bits per heavy atom. The minimum Gasteiger partial charge on any atom is -0.347 e. The Bertz CT molecular complexity index is 885. The van der Waals surface area contributed by atoms with Crippen LogP contribution in [0, 0.1) is 11.3 Å². The van der Waals surface area contributed by atoms with Crippen LogP contribution < -0.4 is 21.7 Å². The zero-order valence-electron chi connectivity index (χ0n) is 16.8. The van der Waals surface area contributed by atoms with Crippen molar-refractivity contribution in [2.75, 3.05) is 11.9 Å². The van der Waals surface area contributed by atoms with Crippen LogP contribution in [0.5, 0.6) is 0 Å². The molecule has 152 valence electrons. The van der Waals surface area contributed by atoms with E-state index in [2.05, 4.69) is 16.0 Å². The molecule has 7 nitrogen and oxygen atoms in total. The SMILES string of the molecule is CC(C)(CCCN)NC(=O)c1cccc(CNC(=O)Nc2ccc(C#N)cc2)c1. The topological polar surface area (TPSA) is 120 Å². The van der Waals surface area contributed by atoms with Crippen molar-refractivity contribution in [3.8, 4) is 6.07 Å². The van der Waals surface area contributed by atoms with E-state index in [1.807, 2.05) is 26.0 Å². The van der Waals surface area contributed by atoms with Gasteiger partial charge >= 0.3 is 6.03 Å². The fraction of sp³-hybridized carbons (Fsp3) is 0.318. The van der Waals surface area contributed by atoms with Gasteiger partial charge in [-0.3, -0.25) is 4.79 Å². The van der Waals surface area contributed by atoms with Gasteiger partial charge in [0.1, 0.15) is 0 Å². The number of benzene rings is 2. The Morgan fingerprint density at radius 2 is 1.86 bits per heavy atom. The molecular formula is C22H27N5O2. The quantitative estimate of drug-likeness (QED) is 0.551. The van der Waals surface area contributed by atoms with Crippen molar-refractivity contribution in [1.29, 1.82) is 5.26 Å². The number of nitrogens with one attached hydrogen (secondary N) is 3. The lowest BCUT2D eigenvalue weighted by molar-refractivity contribution is 0.0908. The first kappa shape index (κ1) is 21.9. The third kappa shape index (κ3) is 7.28. The Balaban J connectivity index is 1.90. The molecule has 2 rings (SSSR count). The minimum absolute atomic E-state index is 0.157. The summed E-state index contributed by atoms with van der Waals surface area (Å²) in [5, 5.41) is 17.3. The molecule has 0 aliphatic rings. The third-order valence-corrected chi connectivity index (χ3v) is 4.37. The number of nitriles is 1. The first-order valence-electron chi connectivity index (χ1n) is 9.49. The van der Waals surface area contributed by atoms with Crippen molar-refractivity contribution in [3.05, 3.63) is 65.2 Å². The van der Waals surface area contributed by atoms with E-state index in [0.29, 0.717) is 23.4 Å². The van der Waals surface area contributed by atoms with Crippen LogP contribution in [-0.2, 0) is 6.54 Å². The number of rotatable bonds is 8. The van der Waals surface area contributed by atoms with Crippen LogP contribution in [0.4, 0.5) is 10.5 Å². The van der Waals surface area contributed by atoms with Crippen LogP contribution in [0.15, 0.2) is 48.5 Å². The van der Waals surface area contributed by atoms with Gasteiger partial charge in [-0.1, -0.05) is 12.1 Å². The van der Waals surface area contributed by atoms with E-state index in [0.717, 1.165) is 18.4 Å². The monoisotopic (exact) mass is 393 g/mol. The third-order valence-electron chi connectivity index (χ3n) is 4.37. The molecule has 0 aliphatic carbocycles. The second-order valence-electron chi connectivity index (χ2n) is 7.43. The van der Waals surface area contributed by atoms with Crippen LogP contribution in [0.25, 0.3) is 0 Å². The van der Waals surface area contributed by atoms with E-state index in [1.165, 1.54) is 0 Å². The van der Waals surface area contributed by atoms with Crippen molar-refractivity contribution in [1.82, 2.24) is 10.6 Å². The second kappa shape index (κ2) is 10.2. The van der Waals surface area contributed by atoms with Gasteiger partial charge in [0, 0.05) is 23.3 Å². The molecule has 2 aromatic rings. The van der Waals surface area contributed by atoms with Crippen LogP contribution in [-0.4, -0.2) is 24.0 Å². The molecule has 0 unspecified atom stereocenters. The number of hydrogen-bond donors (Lipinski definition) is 4. The van der Waals surface area contributed by atoms with Gasteiger partial charge in [0.2, 0.25) is 0 Å². The maximum atomic E-state index is 12.5. The first-order valence-corrected chi connectivity index (χ1v) is 9.49. The van der Waals surface area contributed by atoms with Crippen LogP contribution in [0.2, 0.25) is 0 Å². The summed E-state index contributed by atoms with van der Waals surface area (Å²) in [6.07, 6.45) is 1.64. The number of anilines is 1. The number of nitrogens with two attached hydrogens (primary N) is 1. The molecule has 0 bridgehead atoms. The van der Waals surface area contributed by atoms with Gasteiger partial charge in [-0.15, -0.1) is 0 Å². The van der Waals surface area contributed by atoms with Crippen molar-refractivity contribution in [2.24, 2.45) is 5.73 Å². The van der Waals surface area contributed by atoms with E-state index in [4.69, 9.17) is 11.0 Å². The average molecular weight is 393 g/mol. The normalized spacial score (nSPS) is 10.7. The lowest BCUT2D eigenvalue weighted by Crippen LogP contribution is -2.43. The molecule has 29 heavy (non-hydrogen) atoms. The van der Waals surface area contributed by atoms with Crippen molar-refractivity contribution < 1.29 is 9.59 Å². The molecule has 0 saturated heterocycles. The summed E-state index contributed by atoms with van der Waals surface area (Å²) in [5.74, 6) is -0.157. The summed E-state index contributed by atoms with van der Waals surface area (Å²) in [5.41, 5.74) is 7.68. The summed E-state index contributed by atoms with van der Waals surface area (Å²) in [7, 11) is 0. The maximum absolute atomic E-state index is 12.5. The van der Waals surface area contributed by atoms with E-state index in [-0.39, 0.29) is 24.0 Å². The fourth-order valence-electron chi connectivity index (χ4n) is 2.79. The standard InChI is InChI=1S/C22H27N5O2/c1-22(2,11-4-12-23)27-20(28)18-6-3-5-17(13-18)15-25-21(29)26-19-9-7-16(14-24)8-10-19/h3,5-10,13H,4,11-12,15,23H2,1-2H3,(H,27,28)(H2,25,26,29). The number of carbonyl (C=O) groups is 2. The average Bonchev–Trinajstić information content (AvgIpc) is 2.71. The lowest BCUT2D eigenvalue weighted by atomic mass is 9.97. The highest BCUT2D eigenvalue weighted by molar-refractivity contribution is 5.95. The number of urea groups is 1. The molecule has 5 N–H and O–H groups in total. The van der Waals surface area contributed by atoms with Gasteiger partial charge in [0.15, 0.2) is 0 Å². The Morgan fingerprint density at radius 3 is 2.52 bits per heavy atom. The molecule has 0 radical (unpaired) electrons. The van der Waals surface area contributed by atoms with Gasteiger partial charge in [0.25, 0.3) is 5.91 Å². The summed E-state index contributed by atoms with van der Waals surface area (Å²) >= 11 is 0. The van der Waals surface area contributed by atoms with Crippen LogP contribution >= 0.6 is 0 Å². The predicted molar refractivity (Wildman–Crippen MR) is 113 cm³/mol. The van der Waals surface area contributed by atoms with Crippen molar-refractivity contribution >= 4 is 17.6 Å². The molecular weight excluding hydrogens is 366 g/mol. The highest BCUT2D eigenvalue weighted by atomic mass is 16.2. The Hall–Kier alpha value is -3.37. The highest BCUT2D eigenvalue weighted by Crippen LogP contribution is 2.13. The molecule has 3 amide bonds. The largest absolute Gasteiger partial charge is 0.347 e. The molecule has 0 fully saturated rings. The van der Waals surface area contributed by atoms with Gasteiger partial charge in [-0.25, -0.2) is 4.79 Å². The summed E-state index contributed by atoms with van der Waals surface area (Å²) in [6.45, 7) is 4.81. The molecule has 7 heteroatoms. The van der Waals surface area contributed by atoms with Crippen LogP contribution in [0.1, 0.15) is 48.2 Å². The summed E-state index contributed by atoms with van der Waals surface area (Å²) in [6, 6.07) is 15.4. The molecule has 0 atom stereocenters. The zero-order chi connectivity index (χ0) is 21.3. The molecule has 2 aromatic carbocycles. The predicted octanol–water partition coefficient (Wildman–Crippen LogP) is 3.13. The Labute approximate surface area is 171 Å². The van der Waals surface area contributed by atoms with E-state index in [9.17, 15) is 9.59 Å². The van der Waals surface area contributed by atoms with E-state index < -0.39 is 0 Å². The van der Waals surface area contributed by atoms with Gasteiger partial charge < -0.3 is 21.7 Å². The molecule has 0 aliphatic heterocycles. The van der Waals surface area contributed by atoms with E-state index in [1.54, 1.807) is 42.5 Å². The number of hydrogen-bond acceptors (Lipinski definition) is 4. The molecule has 0 spiro atoms. The summed E-state index contributed by atoms with van der Waals surface area (Å²) in [4.78, 5) is 24.6. The molecule has 0 heterocycles. The van der Waals surface area contributed by atoms with Gasteiger partial charge in [0.05, 0.1) is 11.6 Å². The second-order valence-corrected chi connectivity index (χ2v) is 7.43. The minimum atomic E-state index is -0.368. The van der Waals surface area contributed by atoms with Gasteiger partial charge in [-0.2, -0.15) is 5.26 Å². The first-order chi connectivity index (χ1) is 13.8. The highest BCUT2D eigenvalue weighted by Gasteiger charge is 2.20. The zero-order valence-corrected chi connectivity index (χ0v) is 16.8. The maximum Gasteiger partial charge on any atom is 0.319 e. The van der Waals surface area contributed by atoms with Gasteiger partial charge in [-0.05, 0) is 75.2 Å². The van der Waals surface area contributed by atoms with Crippen molar-refractivity contribution in [3.63, 3.8) is 0 Å². The lowest BCUT2D eigenvalue weighted by Gasteiger charge is -2.26. The Kier molecular flexibility index (Phi) is 7.75. The van der Waals surface area contributed by atoms with Crippen LogP contribution in [0.3, 0.4) is 0 Å².